The normalized spacial score (nSPS) is 15.0. The minimum Gasteiger partial charge on any atom is -0.831 e. The van der Waals surface area contributed by atoms with E-state index in [9.17, 15) is 13.2 Å². The quantitative estimate of drug-likeness (QED) is 0.335. The Bertz CT molecular complexity index is 92.0. The van der Waals surface area contributed by atoms with E-state index < -0.39 is 18.8 Å². The molecule has 0 heterocycles. The molecule has 0 aromatic rings. The molecule has 0 aliphatic rings. The molecule has 0 bridgehead atoms. The van der Waals surface area contributed by atoms with Crippen LogP contribution in [0.4, 0.5) is 13.2 Å². The van der Waals surface area contributed by atoms with E-state index in [2.05, 4.69) is 0 Å². The van der Waals surface area contributed by atoms with Crippen molar-refractivity contribution in [2.75, 3.05) is 0 Å². The fourth-order valence-electron chi connectivity index (χ4n) is 0. The van der Waals surface area contributed by atoms with E-state index in [1.54, 1.807) is 0 Å². The first-order valence-electron chi connectivity index (χ1n) is 2.42. The zero-order valence-electron chi connectivity index (χ0n) is 6.21. The van der Waals surface area contributed by atoms with Gasteiger partial charge in [-0.2, -0.15) is 13.2 Å². The van der Waals surface area contributed by atoms with E-state index >= 15 is 0 Å². The summed E-state index contributed by atoms with van der Waals surface area (Å²) in [5.74, 6) is 0. The predicted molar refractivity (Wildman–Crippen MR) is 29.5 cm³/mol. The molecule has 70 valence electrons. The number of aliphatic hydroxyl groups excluding tert-OH is 2. The Hall–Kier alpha value is 0.396. The Morgan fingerprint density at radius 1 is 1.17 bits per heavy atom. The standard InChI is InChI=1S/C2H2F3O2.C2H5O2.Mg/c3-2(4,5)1(6)7;1-2(3)4;/h1,6H;2-3H,1H3;/q2*-1;+2. The molecular formula is C4H7F3MgO4. The maximum atomic E-state index is 10.6. The third kappa shape index (κ3) is 22.4. The summed E-state index contributed by atoms with van der Waals surface area (Å²) in [5.41, 5.74) is 0. The molecule has 2 N–H and O–H groups in total. The third-order valence-electron chi connectivity index (χ3n) is 0.280. The molecule has 0 saturated carbocycles. The van der Waals surface area contributed by atoms with E-state index in [0.29, 0.717) is 0 Å². The third-order valence-corrected chi connectivity index (χ3v) is 0.280. The van der Waals surface area contributed by atoms with Crippen LogP contribution in [-0.2, 0) is 0 Å². The Morgan fingerprint density at radius 2 is 1.25 bits per heavy atom. The van der Waals surface area contributed by atoms with E-state index in [-0.39, 0.29) is 23.1 Å². The zero-order valence-corrected chi connectivity index (χ0v) is 7.62. The number of alkyl halides is 3. The van der Waals surface area contributed by atoms with E-state index in [4.69, 9.17) is 20.4 Å². The molecule has 2 unspecified atom stereocenters. The maximum absolute atomic E-state index is 10.6. The number of hydrogen-bond donors (Lipinski definition) is 2. The van der Waals surface area contributed by atoms with Gasteiger partial charge in [0.1, 0.15) is 0 Å². The van der Waals surface area contributed by atoms with Crippen molar-refractivity contribution in [3.63, 3.8) is 0 Å². The molecule has 0 aliphatic carbocycles. The van der Waals surface area contributed by atoms with Crippen LogP contribution in [0, 0.1) is 0 Å². The van der Waals surface area contributed by atoms with Crippen LogP contribution in [0.2, 0.25) is 0 Å². The second-order valence-electron chi connectivity index (χ2n) is 1.49. The molecule has 8 heteroatoms. The summed E-state index contributed by atoms with van der Waals surface area (Å²) < 4.78 is 31.8. The Labute approximate surface area is 82.8 Å². The van der Waals surface area contributed by atoms with Gasteiger partial charge in [-0.25, -0.2) is 0 Å². The first-order chi connectivity index (χ1) is 4.68. The second kappa shape index (κ2) is 8.02. The number of hydrogen-bond acceptors (Lipinski definition) is 4. The molecule has 0 aromatic carbocycles. The van der Waals surface area contributed by atoms with Crippen molar-refractivity contribution in [1.29, 1.82) is 0 Å². The van der Waals surface area contributed by atoms with Crippen molar-refractivity contribution in [3.8, 4) is 0 Å². The van der Waals surface area contributed by atoms with Crippen LogP contribution in [0.15, 0.2) is 0 Å². The Morgan fingerprint density at radius 3 is 1.25 bits per heavy atom. The summed E-state index contributed by atoms with van der Waals surface area (Å²) in [4.78, 5) is 0. The van der Waals surface area contributed by atoms with Crippen LogP contribution in [0.5, 0.6) is 0 Å². The number of halogens is 3. The van der Waals surface area contributed by atoms with Gasteiger partial charge in [-0.15, -0.1) is 0 Å². The van der Waals surface area contributed by atoms with Crippen LogP contribution in [-0.4, -0.2) is 52.0 Å². The fourth-order valence-corrected chi connectivity index (χ4v) is 0. The summed E-state index contributed by atoms with van der Waals surface area (Å²) in [6.45, 7) is 1.17. The summed E-state index contributed by atoms with van der Waals surface area (Å²) in [5, 5.41) is 32.8. The average molecular weight is 200 g/mol. The van der Waals surface area contributed by atoms with Crippen LogP contribution < -0.4 is 10.2 Å². The molecule has 0 spiro atoms. The fraction of sp³-hybridized carbons (Fsp3) is 1.00. The molecule has 2 atom stereocenters. The minimum atomic E-state index is -5.00. The largest absolute Gasteiger partial charge is 2.00 e. The average Bonchev–Trinajstić information content (AvgIpc) is 1.59. The van der Waals surface area contributed by atoms with Crippen molar-refractivity contribution in [2.45, 2.75) is 25.7 Å². The first-order valence-corrected chi connectivity index (χ1v) is 2.42. The van der Waals surface area contributed by atoms with Crippen molar-refractivity contribution >= 4 is 23.1 Å². The van der Waals surface area contributed by atoms with Gasteiger partial charge < -0.3 is 20.4 Å². The smallest absolute Gasteiger partial charge is 0.831 e. The van der Waals surface area contributed by atoms with Gasteiger partial charge in [-0.05, 0) is 6.29 Å². The molecule has 12 heavy (non-hydrogen) atoms. The first kappa shape index (κ1) is 18.2. The molecule has 0 rings (SSSR count). The van der Waals surface area contributed by atoms with Crippen LogP contribution in [0.25, 0.3) is 0 Å². The second-order valence-corrected chi connectivity index (χ2v) is 1.49. The topological polar surface area (TPSA) is 86.6 Å². The SMILES string of the molecule is CC([O-])O.[Mg+2].[O-]C(O)C(F)(F)F. The molecule has 4 nitrogen and oxygen atoms in total. The van der Waals surface area contributed by atoms with E-state index in [1.807, 2.05) is 0 Å². The summed E-state index contributed by atoms with van der Waals surface area (Å²) in [7, 11) is 0. The number of aliphatic hydroxyl groups is 2. The monoisotopic (exact) mass is 200 g/mol. The van der Waals surface area contributed by atoms with Gasteiger partial charge >= 0.3 is 29.2 Å². The van der Waals surface area contributed by atoms with Crippen LogP contribution >= 0.6 is 0 Å². The van der Waals surface area contributed by atoms with Crippen molar-refractivity contribution in [2.24, 2.45) is 0 Å². The predicted octanol–water partition coefficient (Wildman–Crippen LogP) is -2.47. The maximum Gasteiger partial charge on any atom is 2.00 e. The molecule has 0 aliphatic heterocycles. The summed E-state index contributed by atoms with van der Waals surface area (Å²) in [6, 6.07) is 0. The van der Waals surface area contributed by atoms with Gasteiger partial charge in [0, 0.05) is 0 Å². The van der Waals surface area contributed by atoms with E-state index in [1.165, 1.54) is 6.92 Å². The van der Waals surface area contributed by atoms with Crippen molar-refractivity contribution in [3.05, 3.63) is 0 Å². The van der Waals surface area contributed by atoms with E-state index in [0.717, 1.165) is 0 Å². The summed E-state index contributed by atoms with van der Waals surface area (Å²) >= 11 is 0. The van der Waals surface area contributed by atoms with Gasteiger partial charge in [0.15, 0.2) is 0 Å². The zero-order chi connectivity index (χ0) is 9.65. The molecule has 0 amide bonds. The van der Waals surface area contributed by atoms with Crippen molar-refractivity contribution < 1.29 is 33.6 Å². The molecule has 0 aromatic heterocycles. The van der Waals surface area contributed by atoms with Crippen molar-refractivity contribution in [1.82, 2.24) is 0 Å². The minimum absolute atomic E-state index is 0. The number of rotatable bonds is 0. The van der Waals surface area contributed by atoms with Crippen LogP contribution in [0.3, 0.4) is 0 Å². The summed E-state index contributed by atoms with van der Waals surface area (Å²) in [6.07, 6.45) is -9.87. The molecule has 0 radical (unpaired) electrons. The van der Waals surface area contributed by atoms with Gasteiger partial charge in [0.05, 0.1) is 6.29 Å². The van der Waals surface area contributed by atoms with Gasteiger partial charge in [0.25, 0.3) is 0 Å². The molecule has 0 fully saturated rings. The van der Waals surface area contributed by atoms with Crippen LogP contribution in [0.1, 0.15) is 6.92 Å². The Kier molecular flexibility index (Phi) is 12.2. The molecular weight excluding hydrogens is 193 g/mol. The Balaban J connectivity index is -0.000000142. The van der Waals surface area contributed by atoms with Gasteiger partial charge in [-0.1, -0.05) is 6.92 Å². The van der Waals surface area contributed by atoms with Gasteiger partial charge in [-0.3, -0.25) is 0 Å². The van der Waals surface area contributed by atoms with Gasteiger partial charge in [0.2, 0.25) is 0 Å². The molecule has 0 saturated heterocycles.